The molecular formula is C105H130N18O7S7. The quantitative estimate of drug-likeness (QED) is 0.0247. The molecule has 32 heteroatoms. The highest BCUT2D eigenvalue weighted by Crippen LogP contribution is 2.42. The summed E-state index contributed by atoms with van der Waals surface area (Å²) >= 11 is 12.3. The van der Waals surface area contributed by atoms with Crippen LogP contribution in [-0.4, -0.2) is 122 Å². The van der Waals surface area contributed by atoms with Crippen LogP contribution in [0.15, 0.2) is 208 Å². The Kier molecular flexibility index (Phi) is 35.1. The molecule has 9 aromatic heterocycles. The van der Waals surface area contributed by atoms with E-state index in [1.807, 2.05) is 127 Å². The number of nitrogens with one attached hydrogen (secondary N) is 3. The van der Waals surface area contributed by atoms with Crippen molar-refractivity contribution in [3.05, 3.63) is 234 Å². The predicted octanol–water partition coefficient (Wildman–Crippen LogP) is 25.3. The molecule has 0 saturated carbocycles. The molecule has 0 radical (unpaired) electrons. The van der Waals surface area contributed by atoms with Crippen molar-refractivity contribution in [1.82, 2.24) is 65.2 Å². The Balaban J connectivity index is 0.000000151. The zero-order valence-electron chi connectivity index (χ0n) is 83.5. The molecule has 137 heavy (non-hydrogen) atoms. The lowest BCUT2D eigenvalue weighted by Gasteiger charge is -2.31. The van der Waals surface area contributed by atoms with E-state index in [0.717, 1.165) is 126 Å². The van der Waals surface area contributed by atoms with Crippen molar-refractivity contribution in [2.24, 2.45) is 7.05 Å². The number of aryl methyl sites for hydroxylation is 4. The number of anilines is 2. The van der Waals surface area contributed by atoms with Crippen molar-refractivity contribution in [3.8, 4) is 18.1 Å². The van der Waals surface area contributed by atoms with Gasteiger partial charge in [0.1, 0.15) is 27.9 Å². The zero-order valence-corrected chi connectivity index (χ0v) is 89.2. The molecule has 0 amide bonds. The van der Waals surface area contributed by atoms with E-state index in [4.69, 9.17) is 21.9 Å². The van der Waals surface area contributed by atoms with Gasteiger partial charge in [0.2, 0.25) is 11.3 Å². The Morgan fingerprint density at radius 3 is 1.58 bits per heavy atom. The Morgan fingerprint density at radius 1 is 0.482 bits per heavy atom. The summed E-state index contributed by atoms with van der Waals surface area (Å²) in [5.41, 5.74) is 19.1. The van der Waals surface area contributed by atoms with Crippen LogP contribution in [-0.2, 0) is 32.7 Å². The van der Waals surface area contributed by atoms with Crippen molar-refractivity contribution in [2.45, 2.75) is 297 Å². The number of nitrogens with zero attached hydrogens (tertiary/aromatic N) is 14. The van der Waals surface area contributed by atoms with E-state index >= 15 is 0 Å². The predicted molar refractivity (Wildman–Crippen MR) is 575 cm³/mol. The normalized spacial score (nSPS) is 13.4. The largest absolute Gasteiger partial charge is 0.618 e. The molecule has 5 N–H and O–H groups in total. The molecule has 2 aliphatic carbocycles. The standard InChI is InChI=1S/C17H21NOS.C17H21NS.C16H17NOS.C12H17N3O2S.C12H14N2O.C11H14N4OS.C10H13N3OS.C10H13N3S/c1-17(2,3)20-14-9-8-13-10-12-6-4-5-7-15(12)18(19)16(13)11-14;1-17(2,3)19-14-9-8-13-10-12-6-4-5-7-15(12)18-16(13)11-14;1-6-11-9-12(19-16(2,3)4)10-13-14(18)7-8-17(5)15(11)13;1-12(2,3)18-9-7-10(15(16)17)11(13-8-9)14-5-4-6-14;1-12(2,3)15-9-4-5-10-11(8-9)14-7-6-13-10;1-11(2,3)17-7-4-5-8-9(6-7)15(16)14-10(12)13-8;1-10(2,3)15-6-4-7-8(11-5-6)12-13-9(7)14;1-10(2,3)14-7-4-5-8-9(6-7)12-13-11-8/h8-11H,4-7H2,1-3H3;8-11H,4-7H2,1-3H3;1,7-10H,2-5H3;7-8H,4-6H2,1-3H3;4-8H,1-3H3;4-6H,1-3H3,(H2,12,13,14);4-5H,1-3H3,(H2,11,12,13,14);4-6H,1-3H3,(H,11,12,13). The van der Waals surface area contributed by atoms with Gasteiger partial charge in [-0.1, -0.05) is 157 Å². The van der Waals surface area contributed by atoms with Crippen molar-refractivity contribution in [1.29, 1.82) is 0 Å². The topological polar surface area (TPSA) is 338 Å². The Labute approximate surface area is 834 Å². The number of aromatic nitrogens is 15. The lowest BCUT2D eigenvalue weighted by molar-refractivity contribution is -0.641. The number of rotatable bonds is 10. The first-order valence-corrected chi connectivity index (χ1v) is 51.6. The van der Waals surface area contributed by atoms with Gasteiger partial charge < -0.3 is 30.4 Å². The Bertz CT molecular complexity index is 6960. The summed E-state index contributed by atoms with van der Waals surface area (Å²) in [4.78, 5) is 70.1. The monoisotopic (exact) mass is 1980 g/mol. The van der Waals surface area contributed by atoms with Crippen LogP contribution in [0.2, 0.25) is 0 Å². The minimum absolute atomic E-state index is 0.0104. The van der Waals surface area contributed by atoms with Gasteiger partial charge in [-0.3, -0.25) is 44.9 Å². The SMILES string of the molecule is C#Cc1cc(SC(C)(C)C)cc2c(=O)ccn(C)c12.CC(C)(C)Oc1ccc2nccnc2c1.CC(C)(C)Sc1ccc2cc3c([n+]([O-])c2c1)CCCC3.CC(C)(C)Sc1ccc2cc3c(nc2c1)CCCC3.CC(C)(C)Sc1ccc2n[nH]nc2c1.CC(C)(C)Sc1ccc2nc(N)n[n+]([O-])c2c1.CC(C)(C)Sc1cnc(N2CCC2)c([N+](=O)[O-])c1.CC(C)(C)Sc1cnc2[nH][nH]c(=O)c2c1. The summed E-state index contributed by atoms with van der Waals surface area (Å²) in [6.07, 6.45) is 24.6. The fourth-order valence-electron chi connectivity index (χ4n) is 14.7. The summed E-state index contributed by atoms with van der Waals surface area (Å²) in [5, 5.41) is 58.4. The van der Waals surface area contributed by atoms with Crippen LogP contribution in [0.25, 0.3) is 76.8 Å². The average Bonchev–Trinajstić information content (AvgIpc) is 1.77. The van der Waals surface area contributed by atoms with Crippen LogP contribution in [0.4, 0.5) is 17.5 Å². The van der Waals surface area contributed by atoms with Gasteiger partial charge in [0, 0.05) is 188 Å². The molecule has 0 bridgehead atoms. The molecular weight excluding hydrogens is 1850 g/mol. The first-order chi connectivity index (χ1) is 64.0. The van der Waals surface area contributed by atoms with E-state index < -0.39 is 0 Å². The average molecular weight is 1980 g/mol. The van der Waals surface area contributed by atoms with Gasteiger partial charge in [-0.25, -0.2) is 15.0 Å². The zero-order chi connectivity index (χ0) is 100. The molecule has 0 unspecified atom stereocenters. The molecule has 18 rings (SSSR count). The summed E-state index contributed by atoms with van der Waals surface area (Å²) in [5.74, 6) is 4.01. The van der Waals surface area contributed by atoms with E-state index in [1.54, 1.807) is 102 Å². The van der Waals surface area contributed by atoms with Gasteiger partial charge in [-0.2, -0.15) is 20.1 Å². The minimum Gasteiger partial charge on any atom is -0.618 e. The molecule has 25 nitrogen and oxygen atoms in total. The van der Waals surface area contributed by atoms with Gasteiger partial charge in [0.25, 0.3) is 17.0 Å². The number of benzene rings is 6. The maximum absolute atomic E-state index is 12.6. The number of fused-ring (bicyclic) bond motifs is 9. The summed E-state index contributed by atoms with van der Waals surface area (Å²) < 4.78 is 9.79. The third kappa shape index (κ3) is 32.7. The minimum atomic E-state index is -0.340. The van der Waals surface area contributed by atoms with Crippen LogP contribution < -0.4 is 35.9 Å². The molecule has 0 spiro atoms. The molecule has 1 saturated heterocycles. The molecule has 1 aliphatic heterocycles. The third-order valence-electron chi connectivity index (χ3n) is 19.9. The molecule has 3 aliphatic rings. The van der Waals surface area contributed by atoms with E-state index in [-0.39, 0.29) is 66.4 Å². The number of hydrogen-bond donors (Lipinski definition) is 4. The molecule has 10 heterocycles. The second kappa shape index (κ2) is 45.1. The highest BCUT2D eigenvalue weighted by atomic mass is 32.2. The fraction of sp³-hybridized carbons (Fsp3) is 0.419. The summed E-state index contributed by atoms with van der Waals surface area (Å²) in [6.45, 7) is 53.1. The number of hydrogen-bond acceptors (Lipinski definition) is 25. The van der Waals surface area contributed by atoms with Gasteiger partial charge >= 0.3 is 5.69 Å². The Morgan fingerprint density at radius 2 is 0.985 bits per heavy atom. The highest BCUT2D eigenvalue weighted by molar-refractivity contribution is 8.02. The van der Waals surface area contributed by atoms with Crippen LogP contribution in [0.3, 0.4) is 0 Å². The van der Waals surface area contributed by atoms with E-state index in [1.165, 1.54) is 67.3 Å². The second-order valence-corrected chi connectivity index (χ2v) is 54.7. The van der Waals surface area contributed by atoms with Crippen molar-refractivity contribution in [3.63, 3.8) is 0 Å². The number of nitrogen functional groups attached to an aromatic ring is 1. The number of H-pyrrole nitrogens is 3. The van der Waals surface area contributed by atoms with E-state index in [2.05, 4.69) is 262 Å². The molecule has 1 fully saturated rings. The van der Waals surface area contributed by atoms with E-state index in [9.17, 15) is 30.1 Å². The number of aromatic amines is 3. The van der Waals surface area contributed by atoms with Crippen LogP contribution in [0, 0.1) is 32.9 Å². The smallest absolute Gasteiger partial charge is 0.312 e. The number of thioether (sulfide) groups is 7. The second-order valence-electron chi connectivity index (χ2n) is 41.4. The summed E-state index contributed by atoms with van der Waals surface area (Å²) in [7, 11) is 1.90. The van der Waals surface area contributed by atoms with Crippen LogP contribution >= 0.6 is 82.3 Å². The first-order valence-electron chi connectivity index (χ1n) is 45.9. The lowest BCUT2D eigenvalue weighted by atomic mass is 9.94. The van der Waals surface area contributed by atoms with Crippen molar-refractivity contribution < 1.29 is 19.2 Å². The van der Waals surface area contributed by atoms with Crippen LogP contribution in [0.1, 0.15) is 226 Å². The first kappa shape index (κ1) is 107. The van der Waals surface area contributed by atoms with E-state index in [0.29, 0.717) is 38.1 Å². The number of pyridine rings is 5. The molecule has 6 aromatic carbocycles. The maximum Gasteiger partial charge on any atom is 0.312 e. The van der Waals surface area contributed by atoms with Gasteiger partial charge in [0.15, 0.2) is 16.8 Å². The number of terminal acetylenes is 1. The molecule has 0 atom stereocenters. The van der Waals surface area contributed by atoms with Crippen LogP contribution in [0.5, 0.6) is 5.75 Å². The van der Waals surface area contributed by atoms with Gasteiger partial charge in [-0.05, 0) is 180 Å². The number of nitro groups is 1. The Hall–Kier alpha value is -10.7. The van der Waals surface area contributed by atoms with Gasteiger partial charge in [-0.15, -0.1) is 88.8 Å². The fourth-order valence-corrected chi connectivity index (χ4v) is 21.8. The number of nitrogens with two attached hydrogens (primary N) is 1. The van der Waals surface area contributed by atoms with Crippen molar-refractivity contribution >= 4 is 177 Å². The third-order valence-corrected chi connectivity index (χ3v) is 27.6. The maximum atomic E-state index is 12.6. The van der Waals surface area contributed by atoms with Crippen molar-refractivity contribution in [2.75, 3.05) is 23.7 Å². The highest BCUT2D eigenvalue weighted by Gasteiger charge is 2.29. The summed E-state index contributed by atoms with van der Waals surface area (Å²) in [6, 6.07) is 43.9. The van der Waals surface area contributed by atoms with Gasteiger partial charge in [0.05, 0.1) is 37.5 Å². The number of ether oxygens (including phenoxy) is 1. The molecule has 15 aromatic rings. The lowest BCUT2D eigenvalue weighted by Crippen LogP contribution is -2.38. The molecule has 724 valence electrons.